The second-order valence-electron chi connectivity index (χ2n) is 7.00. The summed E-state index contributed by atoms with van der Waals surface area (Å²) in [4.78, 5) is 0. The molecular formula is C20H34O3Si. The van der Waals surface area contributed by atoms with E-state index >= 15 is 0 Å². The van der Waals surface area contributed by atoms with Gasteiger partial charge in [-0.3, -0.25) is 0 Å². The van der Waals surface area contributed by atoms with Gasteiger partial charge in [0.1, 0.15) is 6.61 Å². The molecule has 0 amide bonds. The molecule has 1 aliphatic carbocycles. The third kappa shape index (κ3) is 6.94. The Balaban J connectivity index is 3.05. The SMILES string of the molecule is C=CCCO[Si](C#CCOC)(OC(C)(C)CCC=C)C1CCCC1. The van der Waals surface area contributed by atoms with Crippen LogP contribution in [0.2, 0.25) is 5.54 Å². The molecule has 1 saturated carbocycles. The molecule has 0 N–H and O–H groups in total. The maximum Gasteiger partial charge on any atom is 0.427 e. The molecule has 1 atom stereocenters. The van der Waals surface area contributed by atoms with Gasteiger partial charge in [-0.2, -0.15) is 0 Å². The molecule has 1 rings (SSSR count). The Hall–Kier alpha value is -0.863. The maximum absolute atomic E-state index is 6.71. The molecule has 0 bridgehead atoms. The molecule has 0 aromatic carbocycles. The first-order chi connectivity index (χ1) is 11.5. The molecule has 4 heteroatoms. The number of hydrogen-bond acceptors (Lipinski definition) is 3. The minimum atomic E-state index is -2.65. The van der Waals surface area contributed by atoms with Gasteiger partial charge in [-0.25, -0.2) is 0 Å². The Morgan fingerprint density at radius 2 is 1.83 bits per heavy atom. The summed E-state index contributed by atoms with van der Waals surface area (Å²) in [7, 11) is -0.978. The first-order valence-electron chi connectivity index (χ1n) is 9.04. The van der Waals surface area contributed by atoms with Crippen LogP contribution in [0.25, 0.3) is 0 Å². The van der Waals surface area contributed by atoms with Crippen LogP contribution in [0.3, 0.4) is 0 Å². The molecule has 0 radical (unpaired) electrons. The quantitative estimate of drug-likeness (QED) is 0.229. The van der Waals surface area contributed by atoms with Crippen molar-refractivity contribution in [3.05, 3.63) is 25.3 Å². The van der Waals surface area contributed by atoms with E-state index in [1.165, 1.54) is 12.8 Å². The van der Waals surface area contributed by atoms with Gasteiger partial charge in [-0.1, -0.05) is 36.5 Å². The van der Waals surface area contributed by atoms with Crippen LogP contribution in [-0.4, -0.2) is 34.5 Å². The van der Waals surface area contributed by atoms with Gasteiger partial charge in [-0.05, 0) is 46.0 Å². The van der Waals surface area contributed by atoms with E-state index in [0.29, 0.717) is 18.8 Å². The van der Waals surface area contributed by atoms with E-state index in [4.69, 9.17) is 13.6 Å². The third-order valence-corrected chi connectivity index (χ3v) is 8.05. The van der Waals surface area contributed by atoms with Crippen molar-refractivity contribution in [3.63, 3.8) is 0 Å². The fourth-order valence-electron chi connectivity index (χ4n) is 3.14. The first kappa shape index (κ1) is 21.2. The zero-order valence-corrected chi connectivity index (χ0v) is 16.7. The van der Waals surface area contributed by atoms with Crippen molar-refractivity contribution in [3.8, 4) is 11.5 Å². The number of hydrogen-bond donors (Lipinski definition) is 0. The number of ether oxygens (including phenoxy) is 1. The molecule has 0 aliphatic heterocycles. The van der Waals surface area contributed by atoms with E-state index in [9.17, 15) is 0 Å². The molecule has 0 spiro atoms. The van der Waals surface area contributed by atoms with Gasteiger partial charge < -0.3 is 13.6 Å². The third-order valence-electron chi connectivity index (χ3n) is 4.39. The molecule has 24 heavy (non-hydrogen) atoms. The summed E-state index contributed by atoms with van der Waals surface area (Å²) in [5.74, 6) is 3.15. The van der Waals surface area contributed by atoms with Crippen molar-refractivity contribution in [1.29, 1.82) is 0 Å². The lowest BCUT2D eigenvalue weighted by molar-refractivity contribution is 0.0449. The molecule has 0 aromatic heterocycles. The highest BCUT2D eigenvalue weighted by Crippen LogP contribution is 2.42. The average Bonchev–Trinajstić information content (AvgIpc) is 3.08. The minimum Gasteiger partial charge on any atom is -0.385 e. The molecule has 1 aliphatic rings. The van der Waals surface area contributed by atoms with Gasteiger partial charge in [0.05, 0.1) is 5.60 Å². The lowest BCUT2D eigenvalue weighted by Gasteiger charge is -2.38. The Bertz CT molecular complexity index is 444. The molecule has 0 aromatic rings. The smallest absolute Gasteiger partial charge is 0.385 e. The zero-order chi connectivity index (χ0) is 17.9. The van der Waals surface area contributed by atoms with Gasteiger partial charge in [0.25, 0.3) is 0 Å². The van der Waals surface area contributed by atoms with E-state index in [-0.39, 0.29) is 5.60 Å². The Labute approximate surface area is 149 Å². The summed E-state index contributed by atoms with van der Waals surface area (Å²) < 4.78 is 18.2. The van der Waals surface area contributed by atoms with Crippen LogP contribution < -0.4 is 0 Å². The van der Waals surface area contributed by atoms with Crippen molar-refractivity contribution in [2.24, 2.45) is 0 Å². The van der Waals surface area contributed by atoms with Crippen LogP contribution >= 0.6 is 0 Å². The number of rotatable bonds is 11. The largest absolute Gasteiger partial charge is 0.427 e. The normalized spacial score (nSPS) is 17.8. The summed E-state index contributed by atoms with van der Waals surface area (Å²) >= 11 is 0. The number of methoxy groups -OCH3 is 1. The molecule has 1 fully saturated rings. The molecule has 3 nitrogen and oxygen atoms in total. The van der Waals surface area contributed by atoms with Crippen LogP contribution in [0.1, 0.15) is 58.8 Å². The van der Waals surface area contributed by atoms with Crippen molar-refractivity contribution >= 4 is 8.56 Å². The topological polar surface area (TPSA) is 27.7 Å². The van der Waals surface area contributed by atoms with Gasteiger partial charge in [0.15, 0.2) is 0 Å². The van der Waals surface area contributed by atoms with Gasteiger partial charge >= 0.3 is 8.56 Å². The van der Waals surface area contributed by atoms with Gasteiger partial charge in [0, 0.05) is 19.3 Å². The Morgan fingerprint density at radius 3 is 2.42 bits per heavy atom. The molecule has 0 heterocycles. The van der Waals surface area contributed by atoms with Crippen molar-refractivity contribution < 1.29 is 13.6 Å². The van der Waals surface area contributed by atoms with E-state index in [2.05, 4.69) is 38.5 Å². The lowest BCUT2D eigenvalue weighted by Crippen LogP contribution is -2.51. The Morgan fingerprint density at radius 1 is 1.17 bits per heavy atom. The summed E-state index contributed by atoms with van der Waals surface area (Å²) in [6.07, 6.45) is 11.3. The van der Waals surface area contributed by atoms with Crippen LogP contribution in [0.4, 0.5) is 0 Å². The predicted octanol–water partition coefficient (Wildman–Crippen LogP) is 4.92. The van der Waals surface area contributed by atoms with Crippen LogP contribution in [0.5, 0.6) is 0 Å². The first-order valence-corrected chi connectivity index (χ1v) is 10.9. The monoisotopic (exact) mass is 350 g/mol. The van der Waals surface area contributed by atoms with Crippen molar-refractivity contribution in [1.82, 2.24) is 0 Å². The van der Waals surface area contributed by atoms with E-state index in [1.807, 2.05) is 12.2 Å². The minimum absolute atomic E-state index is 0.265. The van der Waals surface area contributed by atoms with Crippen molar-refractivity contribution in [2.75, 3.05) is 20.3 Å². The average molecular weight is 351 g/mol. The molecular weight excluding hydrogens is 316 g/mol. The van der Waals surface area contributed by atoms with E-state index < -0.39 is 8.56 Å². The van der Waals surface area contributed by atoms with E-state index in [1.54, 1.807) is 7.11 Å². The van der Waals surface area contributed by atoms with Crippen LogP contribution in [0.15, 0.2) is 25.3 Å². The highest BCUT2D eigenvalue weighted by Gasteiger charge is 2.49. The fraction of sp³-hybridized carbons (Fsp3) is 0.700. The van der Waals surface area contributed by atoms with Crippen LogP contribution in [0, 0.1) is 11.5 Å². The highest BCUT2D eigenvalue weighted by atomic mass is 28.4. The second kappa shape index (κ2) is 10.9. The molecule has 136 valence electrons. The van der Waals surface area contributed by atoms with Crippen LogP contribution in [-0.2, 0) is 13.6 Å². The highest BCUT2D eigenvalue weighted by molar-refractivity contribution is 6.77. The zero-order valence-electron chi connectivity index (χ0n) is 15.7. The summed E-state index contributed by atoms with van der Waals surface area (Å²) in [5.41, 5.74) is 3.60. The fourth-order valence-corrected chi connectivity index (χ4v) is 6.76. The summed E-state index contributed by atoms with van der Waals surface area (Å²) in [6, 6.07) is 0. The molecule has 0 saturated heterocycles. The van der Waals surface area contributed by atoms with Gasteiger partial charge in [-0.15, -0.1) is 13.2 Å². The predicted molar refractivity (Wildman–Crippen MR) is 103 cm³/mol. The summed E-state index contributed by atoms with van der Waals surface area (Å²) in [6.45, 7) is 13.0. The second-order valence-corrected chi connectivity index (χ2v) is 9.89. The lowest BCUT2D eigenvalue weighted by atomic mass is 10.0. The number of allylic oxidation sites excluding steroid dienone is 1. The van der Waals surface area contributed by atoms with Crippen molar-refractivity contribution in [2.45, 2.75) is 69.9 Å². The van der Waals surface area contributed by atoms with Gasteiger partial charge in [0.2, 0.25) is 0 Å². The summed E-state index contributed by atoms with van der Waals surface area (Å²) in [5, 5.41) is 0. The molecule has 1 unspecified atom stereocenters. The maximum atomic E-state index is 6.71. The standard InChI is InChI=1S/C20H34O3Si/c1-6-8-15-20(3,4)23-24(18-12-16-21-5,22-17-9-7-2)19-13-10-11-14-19/h6-7,19H,1-2,8-11,13-17H2,3-5H3. The Kier molecular flexibility index (Phi) is 9.61. The van der Waals surface area contributed by atoms with E-state index in [0.717, 1.165) is 32.1 Å².